The Balaban J connectivity index is 1.13. The Kier molecular flexibility index (Phi) is 10.8. The van der Waals surface area contributed by atoms with Crippen LogP contribution in [-0.2, 0) is 10.0 Å². The molecule has 3 aliphatic heterocycles. The summed E-state index contributed by atoms with van der Waals surface area (Å²) in [5.74, 6) is 3.16. The zero-order valence-corrected chi connectivity index (χ0v) is 37.9. The summed E-state index contributed by atoms with van der Waals surface area (Å²) in [4.78, 5) is 28.8. The van der Waals surface area contributed by atoms with Gasteiger partial charge in [-0.25, -0.2) is 0 Å². The molecule has 0 amide bonds. The standard InChI is InChI=1S/C41H32As2N2O7S5/c1-45(27-5-3-2-4-6-27)28-10-7-25-22-29(11-8-24(25)21-28)57(50,51)44-26-9-12-30(33(23-26)41(48)49)36-31-13-15-34(46)37(42-53-17-18-54-42)39(31)52-40-32(36)14-16-35(47)38(40)43-55-19-20-56-43/h2-16,21-23,44,46H,17-20H2,1H3,(H,48,49). The third-order valence-electron chi connectivity index (χ3n) is 9.72. The van der Waals surface area contributed by atoms with E-state index in [4.69, 9.17) is 4.42 Å². The first kappa shape index (κ1) is 38.9. The molecule has 5 aromatic rings. The molecule has 1 aliphatic carbocycles. The number of aromatic hydroxyl groups is 1. The number of para-hydroxylation sites is 1. The van der Waals surface area contributed by atoms with E-state index in [2.05, 4.69) is 9.62 Å². The molecule has 0 aromatic heterocycles. The molecule has 0 radical (unpaired) electrons. The van der Waals surface area contributed by atoms with Crippen molar-refractivity contribution in [3.05, 3.63) is 125 Å². The molecule has 2 fully saturated rings. The Hall–Kier alpha value is -3.61. The number of benzene rings is 6. The van der Waals surface area contributed by atoms with Crippen molar-refractivity contribution in [1.82, 2.24) is 0 Å². The summed E-state index contributed by atoms with van der Waals surface area (Å²) in [5.41, 5.74) is 3.84. The van der Waals surface area contributed by atoms with E-state index in [1.54, 1.807) is 54.6 Å². The topological polar surface area (TPSA) is 137 Å². The molecule has 0 bridgehead atoms. The number of carboxylic acid groups (broad SMARTS) is 1. The van der Waals surface area contributed by atoms with Crippen LogP contribution in [0.5, 0.6) is 5.75 Å². The van der Waals surface area contributed by atoms with Crippen LogP contribution in [0.3, 0.4) is 0 Å². The number of aromatic carboxylic acids is 1. The number of hydrogen-bond donors (Lipinski definition) is 3. The van der Waals surface area contributed by atoms with Crippen LogP contribution in [0.2, 0.25) is 0 Å². The number of nitrogens with zero attached hydrogens (tertiary/aromatic N) is 1. The number of nitrogens with one attached hydrogen (secondary N) is 1. The number of hydrogen-bond acceptors (Lipinski definition) is 11. The van der Waals surface area contributed by atoms with Gasteiger partial charge in [0.15, 0.2) is 0 Å². The number of sulfonamides is 1. The Bertz CT molecular complexity index is 2870. The maximum absolute atomic E-state index is 13.8. The van der Waals surface area contributed by atoms with Crippen molar-refractivity contribution in [2.24, 2.45) is 0 Å². The number of phenols is 1. The van der Waals surface area contributed by atoms with Crippen molar-refractivity contribution in [2.45, 2.75) is 4.90 Å². The van der Waals surface area contributed by atoms with E-state index >= 15 is 0 Å². The van der Waals surface area contributed by atoms with Gasteiger partial charge in [0.1, 0.15) is 0 Å². The molecule has 9 rings (SSSR count). The summed E-state index contributed by atoms with van der Waals surface area (Å²) >= 11 is -3.80. The van der Waals surface area contributed by atoms with Crippen LogP contribution in [-0.4, -0.2) is 79.3 Å². The van der Waals surface area contributed by atoms with Crippen LogP contribution in [0.15, 0.2) is 123 Å². The number of carbonyl (C=O) groups is 1. The number of phenolic OH excluding ortho intramolecular Hbond substituents is 1. The molecule has 0 saturated carbocycles. The molecule has 2 saturated heterocycles. The molecule has 16 heteroatoms. The van der Waals surface area contributed by atoms with Gasteiger partial charge in [-0.3, -0.25) is 0 Å². The van der Waals surface area contributed by atoms with E-state index in [1.165, 1.54) is 6.07 Å². The van der Waals surface area contributed by atoms with Gasteiger partial charge in [0.05, 0.1) is 0 Å². The molecule has 9 nitrogen and oxygen atoms in total. The molecule has 0 unspecified atom stereocenters. The van der Waals surface area contributed by atoms with Gasteiger partial charge in [-0.1, -0.05) is 30.3 Å². The minimum atomic E-state index is -4.13. The minimum Gasteiger partial charge on any atom is -0.0529 e. The molecule has 3 N–H and O–H groups in total. The SMILES string of the molecule is CN(c1ccccc1)c1ccc2cc(S(=O)(=O)Nc3ccc(-c4c5ccc(=O)c([As]6SCCS6)c-5oc5c([As]6SCCS6)c(O)ccc45)c(C(=O)O)c3)ccc2c1. The second kappa shape index (κ2) is 15.9. The van der Waals surface area contributed by atoms with Crippen LogP contribution < -0.4 is 23.8 Å². The average molecular weight is 975 g/mol. The van der Waals surface area contributed by atoms with Gasteiger partial charge >= 0.3 is 265 Å². The monoisotopic (exact) mass is 974 g/mol. The van der Waals surface area contributed by atoms with E-state index in [0.29, 0.717) is 37.8 Å². The Morgan fingerprint density at radius 1 is 0.754 bits per heavy atom. The first-order valence-electron chi connectivity index (χ1n) is 17.7. The summed E-state index contributed by atoms with van der Waals surface area (Å²) in [5, 5.41) is 24.2. The third kappa shape index (κ3) is 7.36. The van der Waals surface area contributed by atoms with Crippen molar-refractivity contribution < 1.29 is 27.8 Å². The summed E-state index contributed by atoms with van der Waals surface area (Å²) in [6, 6.07) is 31.8. The van der Waals surface area contributed by atoms with E-state index in [1.807, 2.05) is 95.7 Å². The third-order valence-corrected chi connectivity index (χ3v) is 38.3. The van der Waals surface area contributed by atoms with Crippen LogP contribution in [0.25, 0.3) is 44.2 Å². The summed E-state index contributed by atoms with van der Waals surface area (Å²) in [7, 11) is 5.17. The molecular weight excluding hydrogens is 943 g/mol. The van der Waals surface area contributed by atoms with Gasteiger partial charge in [-0.05, 0) is 35.0 Å². The van der Waals surface area contributed by atoms with E-state index in [0.717, 1.165) is 49.5 Å². The van der Waals surface area contributed by atoms with Gasteiger partial charge in [0.25, 0.3) is 0 Å². The predicted octanol–water partition coefficient (Wildman–Crippen LogP) is 8.04. The molecule has 4 aliphatic rings. The van der Waals surface area contributed by atoms with E-state index in [-0.39, 0.29) is 27.3 Å². The van der Waals surface area contributed by atoms with Gasteiger partial charge in [-0.15, -0.1) is 0 Å². The normalized spacial score (nSPS) is 15.2. The number of carboxylic acids is 1. The van der Waals surface area contributed by atoms with Gasteiger partial charge in [0.2, 0.25) is 0 Å². The second-order valence-electron chi connectivity index (χ2n) is 13.2. The quantitative estimate of drug-likeness (QED) is 0.0955. The predicted molar refractivity (Wildman–Crippen MR) is 243 cm³/mol. The minimum absolute atomic E-state index is 0.0362. The van der Waals surface area contributed by atoms with Crippen LogP contribution in [0, 0.1) is 0 Å². The second-order valence-corrected chi connectivity index (χ2v) is 38.1. The fourth-order valence-electron chi connectivity index (χ4n) is 7.02. The van der Waals surface area contributed by atoms with Crippen LogP contribution >= 0.6 is 40.1 Å². The fourth-order valence-corrected chi connectivity index (χ4v) is 37.7. The van der Waals surface area contributed by atoms with Crippen LogP contribution in [0.1, 0.15) is 10.4 Å². The fraction of sp³-hybridized carbons (Fsp3) is 0.122. The molecule has 288 valence electrons. The average Bonchev–Trinajstić information content (AvgIpc) is 3.95. The first-order valence-corrected chi connectivity index (χ1v) is 34.0. The van der Waals surface area contributed by atoms with Crippen LogP contribution in [0.4, 0.5) is 17.1 Å². The van der Waals surface area contributed by atoms with Crippen molar-refractivity contribution in [2.75, 3.05) is 39.7 Å². The molecule has 0 atom stereocenters. The summed E-state index contributed by atoms with van der Waals surface area (Å²) < 4.78 is 38.5. The molecule has 5 aromatic carbocycles. The van der Waals surface area contributed by atoms with Gasteiger partial charge in [0, 0.05) is 18.4 Å². The number of fused-ring (bicyclic) bond motifs is 3. The summed E-state index contributed by atoms with van der Waals surface area (Å²) in [6.07, 6.45) is 0. The number of rotatable bonds is 9. The van der Waals surface area contributed by atoms with E-state index < -0.39 is 40.7 Å². The number of anilines is 3. The van der Waals surface area contributed by atoms with Crippen molar-refractivity contribution in [3.8, 4) is 28.2 Å². The maximum atomic E-state index is 13.8. The Morgan fingerprint density at radius 2 is 1.42 bits per heavy atom. The van der Waals surface area contributed by atoms with Gasteiger partial charge in [-0.2, -0.15) is 0 Å². The van der Waals surface area contributed by atoms with Crippen molar-refractivity contribution in [3.63, 3.8) is 0 Å². The molecule has 57 heavy (non-hydrogen) atoms. The first-order chi connectivity index (χ1) is 27.6. The van der Waals surface area contributed by atoms with Crippen molar-refractivity contribution in [1.29, 1.82) is 0 Å². The van der Waals surface area contributed by atoms with Crippen molar-refractivity contribution >= 4 is 128 Å². The zero-order valence-electron chi connectivity index (χ0n) is 30.0. The Morgan fingerprint density at radius 3 is 2.14 bits per heavy atom. The molecular formula is C41H32As2N2O7S5. The Labute approximate surface area is 350 Å². The molecule has 0 spiro atoms. The van der Waals surface area contributed by atoms with E-state index in [9.17, 15) is 28.2 Å². The molecule has 3 heterocycles. The zero-order chi connectivity index (χ0) is 39.4. The smallest absolute Gasteiger partial charge is 0.0529 e. The van der Waals surface area contributed by atoms with Gasteiger partial charge < -0.3 is 4.90 Å². The summed E-state index contributed by atoms with van der Waals surface area (Å²) in [6.45, 7) is 0.